The summed E-state index contributed by atoms with van der Waals surface area (Å²) >= 11 is 0. The van der Waals surface area contributed by atoms with E-state index in [0.29, 0.717) is 23.1 Å². The lowest BCUT2D eigenvalue weighted by molar-refractivity contribution is -0.112. The van der Waals surface area contributed by atoms with Crippen LogP contribution in [0.5, 0.6) is 0 Å². The topological polar surface area (TPSA) is 66.0 Å². The summed E-state index contributed by atoms with van der Waals surface area (Å²) in [6.07, 6.45) is 1.45. The molecule has 2 aromatic carbocycles. The second kappa shape index (κ2) is 8.20. The van der Waals surface area contributed by atoms with Crippen molar-refractivity contribution in [3.63, 3.8) is 0 Å². The Labute approximate surface area is 158 Å². The van der Waals surface area contributed by atoms with E-state index in [1.807, 2.05) is 66.7 Å². The van der Waals surface area contributed by atoms with Crippen molar-refractivity contribution >= 4 is 17.7 Å². The molecule has 0 saturated heterocycles. The number of carbonyl (C=O) groups is 1. The molecule has 1 N–H and O–H groups in total. The minimum atomic E-state index is -0.465. The molecule has 1 amide bonds. The average Bonchev–Trinajstić information content (AvgIpc) is 3.16. The first kappa shape index (κ1) is 18.2. The van der Waals surface area contributed by atoms with Gasteiger partial charge in [0.25, 0.3) is 5.91 Å². The fraction of sp³-hybridized carbons (Fsp3) is 0.130. The second-order valence-electron chi connectivity index (χ2n) is 6.47. The highest BCUT2D eigenvalue weighted by Gasteiger charge is 2.12. The van der Waals surface area contributed by atoms with Crippen LogP contribution in [0.4, 0.5) is 5.69 Å². The highest BCUT2D eigenvalue weighted by molar-refractivity contribution is 6.09. The van der Waals surface area contributed by atoms with E-state index in [1.54, 1.807) is 6.07 Å². The first-order valence-electron chi connectivity index (χ1n) is 8.75. The molecule has 0 saturated carbocycles. The van der Waals surface area contributed by atoms with Crippen molar-refractivity contribution in [1.29, 1.82) is 5.26 Å². The molecule has 0 aliphatic rings. The van der Waals surface area contributed by atoms with Crippen LogP contribution in [0.15, 0.2) is 76.7 Å². The number of nitriles is 1. The molecule has 0 aliphatic carbocycles. The number of amides is 1. The number of benzene rings is 2. The van der Waals surface area contributed by atoms with Crippen molar-refractivity contribution in [2.45, 2.75) is 19.8 Å². The Morgan fingerprint density at radius 1 is 1.04 bits per heavy atom. The predicted octanol–water partition coefficient (Wildman–Crippen LogP) is 5.62. The summed E-state index contributed by atoms with van der Waals surface area (Å²) in [6, 6.07) is 22.7. The van der Waals surface area contributed by atoms with Gasteiger partial charge in [0.15, 0.2) is 0 Å². The lowest BCUT2D eigenvalue weighted by Crippen LogP contribution is -2.13. The summed E-state index contributed by atoms with van der Waals surface area (Å²) in [5.74, 6) is 1.09. The molecule has 0 fully saturated rings. The van der Waals surface area contributed by atoms with Crippen LogP contribution in [0.1, 0.15) is 31.1 Å². The van der Waals surface area contributed by atoms with Gasteiger partial charge in [-0.3, -0.25) is 4.79 Å². The Bertz CT molecular complexity index is 991. The molecule has 1 aromatic heterocycles. The molecule has 0 bridgehead atoms. The van der Waals surface area contributed by atoms with Crippen molar-refractivity contribution in [2.75, 3.05) is 5.32 Å². The van der Waals surface area contributed by atoms with Crippen LogP contribution in [0.25, 0.3) is 17.4 Å². The van der Waals surface area contributed by atoms with E-state index in [9.17, 15) is 10.1 Å². The number of nitrogens with zero attached hydrogens (tertiary/aromatic N) is 1. The van der Waals surface area contributed by atoms with Crippen LogP contribution < -0.4 is 5.32 Å². The number of anilines is 1. The molecule has 4 nitrogen and oxygen atoms in total. The first-order chi connectivity index (χ1) is 13.1. The maximum Gasteiger partial charge on any atom is 0.266 e. The third-order valence-corrected chi connectivity index (χ3v) is 4.17. The minimum absolute atomic E-state index is 0.0168. The van der Waals surface area contributed by atoms with Gasteiger partial charge in [-0.15, -0.1) is 0 Å². The molecule has 0 aliphatic heterocycles. The normalized spacial score (nSPS) is 11.3. The summed E-state index contributed by atoms with van der Waals surface area (Å²) in [5, 5.41) is 12.1. The molecule has 3 rings (SSSR count). The van der Waals surface area contributed by atoms with E-state index in [4.69, 9.17) is 4.42 Å². The Morgan fingerprint density at radius 2 is 1.74 bits per heavy atom. The zero-order valence-corrected chi connectivity index (χ0v) is 15.3. The van der Waals surface area contributed by atoms with E-state index in [2.05, 4.69) is 19.2 Å². The van der Waals surface area contributed by atoms with Crippen molar-refractivity contribution < 1.29 is 9.21 Å². The summed E-state index contributed by atoms with van der Waals surface area (Å²) in [5.41, 5.74) is 2.75. The lowest BCUT2D eigenvalue weighted by atomic mass is 10.0. The highest BCUT2D eigenvalue weighted by atomic mass is 16.3. The third-order valence-electron chi connectivity index (χ3n) is 4.17. The standard InChI is InChI=1S/C23H20N2O2/c1-16(2)17-8-10-20(11-9-17)25-23(26)19(15-24)14-21-12-13-22(27-21)18-6-4-3-5-7-18/h3-14,16H,1-2H3,(H,25,26). The van der Waals surface area contributed by atoms with Crippen molar-refractivity contribution in [3.05, 3.63) is 83.6 Å². The van der Waals surface area contributed by atoms with Gasteiger partial charge in [-0.25, -0.2) is 0 Å². The lowest BCUT2D eigenvalue weighted by Gasteiger charge is -2.08. The molecular formula is C23H20N2O2. The molecule has 1 heterocycles. The second-order valence-corrected chi connectivity index (χ2v) is 6.47. The minimum Gasteiger partial charge on any atom is -0.457 e. The van der Waals surface area contributed by atoms with Crippen LogP contribution >= 0.6 is 0 Å². The Kier molecular flexibility index (Phi) is 5.53. The third kappa shape index (κ3) is 4.53. The van der Waals surface area contributed by atoms with Gasteiger partial charge in [-0.1, -0.05) is 56.3 Å². The molecular weight excluding hydrogens is 336 g/mol. The number of carbonyl (C=O) groups excluding carboxylic acids is 1. The zero-order chi connectivity index (χ0) is 19.2. The number of furan rings is 1. The first-order valence-corrected chi connectivity index (χ1v) is 8.75. The quantitative estimate of drug-likeness (QED) is 0.477. The SMILES string of the molecule is CC(C)c1ccc(NC(=O)C(C#N)=Cc2ccc(-c3ccccc3)o2)cc1. The number of nitrogens with one attached hydrogen (secondary N) is 1. The van der Waals surface area contributed by atoms with Gasteiger partial charge in [-0.05, 0) is 35.7 Å². The van der Waals surface area contributed by atoms with Gasteiger partial charge in [0, 0.05) is 17.3 Å². The fourth-order valence-electron chi connectivity index (χ4n) is 2.63. The molecule has 4 heteroatoms. The van der Waals surface area contributed by atoms with Gasteiger partial charge in [0.05, 0.1) is 0 Å². The fourth-order valence-corrected chi connectivity index (χ4v) is 2.63. The van der Waals surface area contributed by atoms with E-state index in [0.717, 1.165) is 5.56 Å². The average molecular weight is 356 g/mol. The predicted molar refractivity (Wildman–Crippen MR) is 107 cm³/mol. The van der Waals surface area contributed by atoms with E-state index >= 15 is 0 Å². The smallest absolute Gasteiger partial charge is 0.266 e. The summed E-state index contributed by atoms with van der Waals surface area (Å²) < 4.78 is 5.74. The van der Waals surface area contributed by atoms with Gasteiger partial charge in [0.2, 0.25) is 0 Å². The summed E-state index contributed by atoms with van der Waals surface area (Å²) in [4.78, 5) is 12.4. The van der Waals surface area contributed by atoms with E-state index < -0.39 is 5.91 Å². The van der Waals surface area contributed by atoms with Gasteiger partial charge in [-0.2, -0.15) is 5.26 Å². The Morgan fingerprint density at radius 3 is 2.37 bits per heavy atom. The van der Waals surface area contributed by atoms with Crippen LogP contribution in [-0.2, 0) is 4.79 Å². The zero-order valence-electron chi connectivity index (χ0n) is 15.3. The number of rotatable bonds is 5. The number of hydrogen-bond acceptors (Lipinski definition) is 3. The summed E-state index contributed by atoms with van der Waals surface area (Å²) in [7, 11) is 0. The molecule has 27 heavy (non-hydrogen) atoms. The van der Waals surface area contributed by atoms with Gasteiger partial charge < -0.3 is 9.73 Å². The van der Waals surface area contributed by atoms with Gasteiger partial charge >= 0.3 is 0 Å². The highest BCUT2D eigenvalue weighted by Crippen LogP contribution is 2.23. The van der Waals surface area contributed by atoms with E-state index in [-0.39, 0.29) is 5.57 Å². The monoisotopic (exact) mass is 356 g/mol. The van der Waals surface area contributed by atoms with Crippen LogP contribution in [0.3, 0.4) is 0 Å². The van der Waals surface area contributed by atoms with Crippen LogP contribution in [0.2, 0.25) is 0 Å². The van der Waals surface area contributed by atoms with Gasteiger partial charge in [0.1, 0.15) is 23.2 Å². The maximum absolute atomic E-state index is 12.4. The van der Waals surface area contributed by atoms with E-state index in [1.165, 1.54) is 11.6 Å². The Balaban J connectivity index is 1.75. The van der Waals surface area contributed by atoms with Crippen molar-refractivity contribution in [3.8, 4) is 17.4 Å². The molecule has 0 atom stereocenters. The van der Waals surface area contributed by atoms with Crippen LogP contribution in [0, 0.1) is 11.3 Å². The molecule has 3 aromatic rings. The summed E-state index contributed by atoms with van der Waals surface area (Å²) in [6.45, 7) is 4.22. The Hall–Kier alpha value is -3.58. The maximum atomic E-state index is 12.4. The van der Waals surface area contributed by atoms with Crippen LogP contribution in [-0.4, -0.2) is 5.91 Å². The molecule has 0 spiro atoms. The van der Waals surface area contributed by atoms with Crippen molar-refractivity contribution in [2.24, 2.45) is 0 Å². The molecule has 134 valence electrons. The number of hydrogen-bond donors (Lipinski definition) is 1. The molecule has 0 unspecified atom stereocenters. The largest absolute Gasteiger partial charge is 0.457 e. The van der Waals surface area contributed by atoms with Crippen molar-refractivity contribution in [1.82, 2.24) is 0 Å². The molecule has 0 radical (unpaired) electrons.